The van der Waals surface area contributed by atoms with E-state index in [0.717, 1.165) is 29.7 Å². The van der Waals surface area contributed by atoms with Crippen LogP contribution in [0.1, 0.15) is 78.6 Å². The van der Waals surface area contributed by atoms with Gasteiger partial charge in [-0.1, -0.05) is 46.5 Å². The van der Waals surface area contributed by atoms with Crippen LogP contribution < -0.4 is 5.32 Å². The summed E-state index contributed by atoms with van der Waals surface area (Å²) in [5.41, 5.74) is 0. The molecule has 2 fully saturated rings. The normalized spacial score (nSPS) is 34.6. The Balaban J connectivity index is 1.90. The SMILES string of the molecule is CCCNC(CC1CCCC1)C1CC(C)CC(C)C1. The summed E-state index contributed by atoms with van der Waals surface area (Å²) >= 11 is 0. The second-order valence-electron chi connectivity index (χ2n) is 7.62. The Kier molecular flexibility index (Phi) is 6.19. The summed E-state index contributed by atoms with van der Waals surface area (Å²) in [5.74, 6) is 3.87. The highest BCUT2D eigenvalue weighted by atomic mass is 14.9. The molecule has 2 aliphatic rings. The lowest BCUT2D eigenvalue weighted by Gasteiger charge is -2.38. The lowest BCUT2D eigenvalue weighted by atomic mass is 9.72. The summed E-state index contributed by atoms with van der Waals surface area (Å²) in [4.78, 5) is 0. The van der Waals surface area contributed by atoms with Crippen LogP contribution in [0, 0.1) is 23.7 Å². The van der Waals surface area contributed by atoms with Gasteiger partial charge >= 0.3 is 0 Å². The zero-order valence-corrected chi connectivity index (χ0v) is 13.5. The first kappa shape index (κ1) is 15.4. The minimum atomic E-state index is 0.813. The van der Waals surface area contributed by atoms with Crippen LogP contribution in [0.3, 0.4) is 0 Å². The lowest BCUT2D eigenvalue weighted by Crippen LogP contribution is -2.41. The van der Waals surface area contributed by atoms with Gasteiger partial charge in [0.2, 0.25) is 0 Å². The molecule has 19 heavy (non-hydrogen) atoms. The molecule has 0 amide bonds. The van der Waals surface area contributed by atoms with Gasteiger partial charge in [-0.05, 0) is 62.3 Å². The van der Waals surface area contributed by atoms with Crippen molar-refractivity contribution in [3.8, 4) is 0 Å². The Morgan fingerprint density at radius 1 is 1.00 bits per heavy atom. The van der Waals surface area contributed by atoms with E-state index >= 15 is 0 Å². The van der Waals surface area contributed by atoms with Gasteiger partial charge in [0.25, 0.3) is 0 Å². The van der Waals surface area contributed by atoms with E-state index in [2.05, 4.69) is 26.1 Å². The van der Waals surface area contributed by atoms with E-state index in [9.17, 15) is 0 Å². The van der Waals surface area contributed by atoms with Gasteiger partial charge in [0.1, 0.15) is 0 Å². The maximum Gasteiger partial charge on any atom is 0.00981 e. The first-order chi connectivity index (χ1) is 9.19. The van der Waals surface area contributed by atoms with Crippen molar-refractivity contribution in [1.82, 2.24) is 5.32 Å². The third-order valence-corrected chi connectivity index (χ3v) is 5.50. The second-order valence-corrected chi connectivity index (χ2v) is 7.62. The first-order valence-electron chi connectivity index (χ1n) is 8.92. The van der Waals surface area contributed by atoms with Crippen LogP contribution in [0.2, 0.25) is 0 Å². The van der Waals surface area contributed by atoms with Crippen LogP contribution in [0.4, 0.5) is 0 Å². The average molecular weight is 265 g/mol. The molecule has 0 aliphatic heterocycles. The molecule has 3 atom stereocenters. The summed E-state index contributed by atoms with van der Waals surface area (Å²) in [6.07, 6.45) is 13.1. The van der Waals surface area contributed by atoms with E-state index in [1.807, 2.05) is 0 Å². The molecule has 0 aromatic rings. The molecule has 112 valence electrons. The quantitative estimate of drug-likeness (QED) is 0.712. The third-order valence-electron chi connectivity index (χ3n) is 5.50. The van der Waals surface area contributed by atoms with E-state index in [4.69, 9.17) is 0 Å². The van der Waals surface area contributed by atoms with Gasteiger partial charge in [-0.2, -0.15) is 0 Å². The van der Waals surface area contributed by atoms with Crippen LogP contribution in [0.25, 0.3) is 0 Å². The first-order valence-corrected chi connectivity index (χ1v) is 8.92. The van der Waals surface area contributed by atoms with Crippen LogP contribution in [0.5, 0.6) is 0 Å². The van der Waals surface area contributed by atoms with Gasteiger partial charge < -0.3 is 5.32 Å². The second kappa shape index (κ2) is 7.67. The number of nitrogens with one attached hydrogen (secondary N) is 1. The fourth-order valence-electron chi connectivity index (χ4n) is 4.72. The van der Waals surface area contributed by atoms with Crippen LogP contribution in [-0.2, 0) is 0 Å². The zero-order valence-electron chi connectivity index (χ0n) is 13.5. The smallest absolute Gasteiger partial charge is 0.00981 e. The van der Waals surface area contributed by atoms with Gasteiger partial charge in [0, 0.05) is 6.04 Å². The monoisotopic (exact) mass is 265 g/mol. The zero-order chi connectivity index (χ0) is 13.7. The highest BCUT2D eigenvalue weighted by molar-refractivity contribution is 4.86. The molecular formula is C18H35N. The number of hydrogen-bond donors (Lipinski definition) is 1. The van der Waals surface area contributed by atoms with E-state index in [1.54, 1.807) is 0 Å². The lowest BCUT2D eigenvalue weighted by molar-refractivity contribution is 0.160. The molecule has 0 bridgehead atoms. The van der Waals surface area contributed by atoms with Gasteiger partial charge in [-0.15, -0.1) is 0 Å². The fourth-order valence-corrected chi connectivity index (χ4v) is 4.72. The third kappa shape index (κ3) is 4.77. The van der Waals surface area contributed by atoms with Crippen molar-refractivity contribution in [3.63, 3.8) is 0 Å². The van der Waals surface area contributed by atoms with E-state index in [1.165, 1.54) is 64.3 Å². The van der Waals surface area contributed by atoms with Crippen molar-refractivity contribution in [2.45, 2.75) is 84.6 Å². The Bertz CT molecular complexity index is 234. The number of hydrogen-bond acceptors (Lipinski definition) is 1. The topological polar surface area (TPSA) is 12.0 Å². The van der Waals surface area contributed by atoms with Crippen LogP contribution in [0.15, 0.2) is 0 Å². The molecular weight excluding hydrogens is 230 g/mol. The molecule has 0 spiro atoms. The van der Waals surface area contributed by atoms with Crippen LogP contribution in [-0.4, -0.2) is 12.6 Å². The molecule has 1 N–H and O–H groups in total. The molecule has 0 aromatic heterocycles. The highest BCUT2D eigenvalue weighted by Crippen LogP contribution is 2.38. The average Bonchev–Trinajstić information content (AvgIpc) is 2.86. The molecule has 1 heteroatoms. The van der Waals surface area contributed by atoms with Gasteiger partial charge in [0.05, 0.1) is 0 Å². The summed E-state index contributed by atoms with van der Waals surface area (Å²) < 4.78 is 0. The highest BCUT2D eigenvalue weighted by Gasteiger charge is 2.31. The fraction of sp³-hybridized carbons (Fsp3) is 1.00. The largest absolute Gasteiger partial charge is 0.314 e. The molecule has 0 heterocycles. The molecule has 0 radical (unpaired) electrons. The molecule has 0 saturated heterocycles. The molecule has 2 rings (SSSR count). The van der Waals surface area contributed by atoms with E-state index in [0.29, 0.717) is 0 Å². The molecule has 2 saturated carbocycles. The van der Waals surface area contributed by atoms with Crippen LogP contribution >= 0.6 is 0 Å². The predicted molar refractivity (Wildman–Crippen MR) is 84.3 cm³/mol. The maximum atomic E-state index is 3.91. The summed E-state index contributed by atoms with van der Waals surface area (Å²) in [6, 6.07) is 0.813. The van der Waals surface area contributed by atoms with Crippen molar-refractivity contribution in [1.29, 1.82) is 0 Å². The summed E-state index contributed by atoms with van der Waals surface area (Å²) in [7, 11) is 0. The predicted octanol–water partition coefficient (Wildman–Crippen LogP) is 5.01. The molecule has 3 unspecified atom stereocenters. The summed E-state index contributed by atoms with van der Waals surface area (Å²) in [6.45, 7) is 8.45. The molecule has 2 aliphatic carbocycles. The Labute approximate surface area is 120 Å². The standard InChI is InChI=1S/C18H35N/c1-4-9-19-18(13-16-7-5-6-8-16)17-11-14(2)10-15(3)12-17/h14-19H,4-13H2,1-3H3. The van der Waals surface area contributed by atoms with E-state index < -0.39 is 0 Å². The van der Waals surface area contributed by atoms with Crippen molar-refractivity contribution in [3.05, 3.63) is 0 Å². The minimum Gasteiger partial charge on any atom is -0.314 e. The summed E-state index contributed by atoms with van der Waals surface area (Å²) in [5, 5.41) is 3.91. The molecule has 0 aromatic carbocycles. The van der Waals surface area contributed by atoms with Crippen molar-refractivity contribution in [2.24, 2.45) is 23.7 Å². The Morgan fingerprint density at radius 2 is 1.63 bits per heavy atom. The van der Waals surface area contributed by atoms with E-state index in [-0.39, 0.29) is 0 Å². The van der Waals surface area contributed by atoms with Crippen molar-refractivity contribution < 1.29 is 0 Å². The Hall–Kier alpha value is -0.0400. The molecule has 1 nitrogen and oxygen atoms in total. The van der Waals surface area contributed by atoms with Gasteiger partial charge in [-0.3, -0.25) is 0 Å². The Morgan fingerprint density at radius 3 is 2.21 bits per heavy atom. The van der Waals surface area contributed by atoms with Gasteiger partial charge in [0.15, 0.2) is 0 Å². The van der Waals surface area contributed by atoms with Crippen molar-refractivity contribution >= 4 is 0 Å². The number of rotatable bonds is 6. The maximum absolute atomic E-state index is 3.91. The van der Waals surface area contributed by atoms with Crippen molar-refractivity contribution in [2.75, 3.05) is 6.54 Å². The van der Waals surface area contributed by atoms with Gasteiger partial charge in [-0.25, -0.2) is 0 Å². The minimum absolute atomic E-state index is 0.813.